The number of aliphatic hydroxyl groups is 1. The smallest absolute Gasteiger partial charge is 0.392 e. The van der Waals surface area contributed by atoms with E-state index in [9.17, 15) is 23.1 Å². The van der Waals surface area contributed by atoms with Gasteiger partial charge >= 0.3 is 6.18 Å². The number of carbonyl (C=O) groups is 1. The number of carbonyl (C=O) groups excluding carboxylic acids is 1. The van der Waals surface area contributed by atoms with Gasteiger partial charge in [0.2, 0.25) is 0 Å². The van der Waals surface area contributed by atoms with E-state index in [0.717, 1.165) is 37.9 Å². The van der Waals surface area contributed by atoms with Gasteiger partial charge in [-0.25, -0.2) is 4.98 Å². The lowest BCUT2D eigenvalue weighted by Gasteiger charge is -2.24. The van der Waals surface area contributed by atoms with Crippen molar-refractivity contribution in [2.24, 2.45) is 0 Å². The number of anilines is 2. The van der Waals surface area contributed by atoms with E-state index < -0.39 is 17.6 Å². The number of aliphatic hydroxyl groups excluding tert-OH is 1. The molecule has 2 aromatic heterocycles. The van der Waals surface area contributed by atoms with Crippen LogP contribution in [-0.4, -0.2) is 34.1 Å². The molecule has 3 heterocycles. The molecule has 3 rings (SSSR count). The second-order valence-corrected chi connectivity index (χ2v) is 6.69. The minimum Gasteiger partial charge on any atom is -0.392 e. The predicted octanol–water partition coefficient (Wildman–Crippen LogP) is 3.62. The van der Waals surface area contributed by atoms with Crippen molar-refractivity contribution in [1.29, 1.82) is 0 Å². The summed E-state index contributed by atoms with van der Waals surface area (Å²) in [5, 5.41) is 11.7. The Morgan fingerprint density at radius 3 is 2.46 bits per heavy atom. The molecule has 0 radical (unpaired) electrons. The minimum atomic E-state index is -4.60. The number of nitrogens with zero attached hydrogens (tertiary/aromatic N) is 3. The molecule has 0 spiro atoms. The highest BCUT2D eigenvalue weighted by Gasteiger charge is 2.33. The van der Waals surface area contributed by atoms with Crippen molar-refractivity contribution >= 4 is 17.4 Å². The Labute approximate surface area is 160 Å². The van der Waals surface area contributed by atoms with Crippen LogP contribution in [0.25, 0.3) is 0 Å². The van der Waals surface area contributed by atoms with Gasteiger partial charge < -0.3 is 15.3 Å². The summed E-state index contributed by atoms with van der Waals surface area (Å²) in [7, 11) is 0. The molecule has 0 aromatic carbocycles. The van der Waals surface area contributed by atoms with Crippen molar-refractivity contribution in [2.75, 3.05) is 23.3 Å². The highest BCUT2D eigenvalue weighted by Crippen LogP contribution is 2.32. The molecule has 0 atom stereocenters. The van der Waals surface area contributed by atoms with Crippen molar-refractivity contribution in [2.45, 2.75) is 38.5 Å². The molecule has 0 unspecified atom stereocenters. The first-order valence-corrected chi connectivity index (χ1v) is 9.07. The molecular formula is C19H21F3N4O2. The van der Waals surface area contributed by atoms with Gasteiger partial charge in [0.1, 0.15) is 5.82 Å². The van der Waals surface area contributed by atoms with E-state index in [4.69, 9.17) is 0 Å². The van der Waals surface area contributed by atoms with E-state index in [2.05, 4.69) is 15.3 Å². The van der Waals surface area contributed by atoms with Gasteiger partial charge in [-0.1, -0.05) is 12.8 Å². The summed E-state index contributed by atoms with van der Waals surface area (Å²) < 4.78 is 39.5. The molecule has 1 saturated heterocycles. The monoisotopic (exact) mass is 394 g/mol. The molecule has 28 heavy (non-hydrogen) atoms. The van der Waals surface area contributed by atoms with Gasteiger partial charge in [-0.3, -0.25) is 9.78 Å². The Morgan fingerprint density at radius 2 is 1.82 bits per heavy atom. The van der Waals surface area contributed by atoms with Gasteiger partial charge in [0.15, 0.2) is 0 Å². The van der Waals surface area contributed by atoms with Crippen molar-refractivity contribution in [3.8, 4) is 0 Å². The van der Waals surface area contributed by atoms with Gasteiger partial charge in [0, 0.05) is 25.5 Å². The predicted molar refractivity (Wildman–Crippen MR) is 98.0 cm³/mol. The fraction of sp³-hybridized carbons (Fsp3) is 0.421. The molecule has 1 fully saturated rings. The first-order chi connectivity index (χ1) is 13.4. The third kappa shape index (κ3) is 4.78. The van der Waals surface area contributed by atoms with E-state index in [1.165, 1.54) is 18.5 Å². The fourth-order valence-corrected chi connectivity index (χ4v) is 3.15. The van der Waals surface area contributed by atoms with Crippen LogP contribution in [-0.2, 0) is 12.8 Å². The summed E-state index contributed by atoms with van der Waals surface area (Å²) in [5.74, 6) is -0.451. The number of hydrogen-bond donors (Lipinski definition) is 2. The molecule has 1 aliphatic rings. The highest BCUT2D eigenvalue weighted by molar-refractivity contribution is 6.07. The summed E-state index contributed by atoms with van der Waals surface area (Å²) >= 11 is 0. The topological polar surface area (TPSA) is 78.3 Å². The number of hydrogen-bond acceptors (Lipinski definition) is 5. The van der Waals surface area contributed by atoms with Crippen LogP contribution < -0.4 is 10.2 Å². The Morgan fingerprint density at radius 1 is 1.11 bits per heavy atom. The third-order valence-electron chi connectivity index (χ3n) is 4.58. The number of amides is 1. The second-order valence-electron chi connectivity index (χ2n) is 6.69. The van der Waals surface area contributed by atoms with Gasteiger partial charge in [0.05, 0.1) is 29.6 Å². The maximum Gasteiger partial charge on any atom is 0.417 e. The zero-order valence-corrected chi connectivity index (χ0v) is 15.2. The Bertz CT molecular complexity index is 834. The number of nitrogens with one attached hydrogen (secondary N) is 1. The zero-order valence-electron chi connectivity index (χ0n) is 15.2. The Balaban J connectivity index is 1.95. The largest absolute Gasteiger partial charge is 0.417 e. The maximum absolute atomic E-state index is 13.2. The van der Waals surface area contributed by atoms with Gasteiger partial charge in [-0.05, 0) is 30.5 Å². The molecule has 0 saturated carbocycles. The van der Waals surface area contributed by atoms with E-state index >= 15 is 0 Å². The lowest BCUT2D eigenvalue weighted by Crippen LogP contribution is -2.29. The van der Waals surface area contributed by atoms with Gasteiger partial charge in [-0.2, -0.15) is 13.2 Å². The average Bonchev–Trinajstić information content (AvgIpc) is 2.96. The summed E-state index contributed by atoms with van der Waals surface area (Å²) in [6.45, 7) is 1.02. The molecule has 0 aliphatic carbocycles. The SMILES string of the molecule is O=C(Nc1cncc(CO)c1)c1cc(C(F)(F)F)cnc1N1CCCCCC1. The van der Waals surface area contributed by atoms with Crippen molar-refractivity contribution in [3.05, 3.63) is 47.4 Å². The Kier molecular flexibility index (Phi) is 6.13. The third-order valence-corrected chi connectivity index (χ3v) is 4.58. The van der Waals surface area contributed by atoms with Crippen LogP contribution in [0.15, 0.2) is 30.7 Å². The van der Waals surface area contributed by atoms with Gasteiger partial charge in [-0.15, -0.1) is 0 Å². The van der Waals surface area contributed by atoms with Crippen LogP contribution >= 0.6 is 0 Å². The lowest BCUT2D eigenvalue weighted by molar-refractivity contribution is -0.137. The summed E-state index contributed by atoms with van der Waals surface area (Å²) in [6.07, 6.45) is 2.84. The standard InChI is InChI=1S/C19H21F3N4O2/c20-19(21,22)14-8-16(17(24-10-14)26-5-3-1-2-4-6-26)18(28)25-15-7-13(12-27)9-23-11-15/h7-11,27H,1-6,12H2,(H,25,28). The quantitative estimate of drug-likeness (QED) is 0.828. The number of alkyl halides is 3. The van der Waals surface area contributed by atoms with Crippen molar-refractivity contribution < 1.29 is 23.1 Å². The lowest BCUT2D eigenvalue weighted by atomic mass is 10.1. The molecule has 1 aliphatic heterocycles. The average molecular weight is 394 g/mol. The number of pyridine rings is 2. The summed E-state index contributed by atoms with van der Waals surface area (Å²) in [5.41, 5.74) is -0.340. The molecule has 2 N–H and O–H groups in total. The molecule has 9 heteroatoms. The number of halogens is 3. The number of rotatable bonds is 4. The van der Waals surface area contributed by atoms with Gasteiger partial charge in [0.25, 0.3) is 5.91 Å². The van der Waals surface area contributed by atoms with Crippen molar-refractivity contribution in [3.63, 3.8) is 0 Å². The van der Waals surface area contributed by atoms with Crippen LogP contribution in [0.2, 0.25) is 0 Å². The van der Waals surface area contributed by atoms with Crippen molar-refractivity contribution in [1.82, 2.24) is 9.97 Å². The minimum absolute atomic E-state index is 0.133. The summed E-state index contributed by atoms with van der Waals surface area (Å²) in [4.78, 5) is 22.6. The van der Waals surface area contributed by atoms with Crippen LogP contribution in [0.1, 0.15) is 47.2 Å². The number of aromatic nitrogens is 2. The first kappa shape index (κ1) is 20.1. The zero-order chi connectivity index (χ0) is 20.1. The second kappa shape index (κ2) is 8.55. The van der Waals surface area contributed by atoms with E-state index in [1.54, 1.807) is 0 Å². The van der Waals surface area contributed by atoms with E-state index in [-0.39, 0.29) is 23.7 Å². The molecule has 1 amide bonds. The highest BCUT2D eigenvalue weighted by atomic mass is 19.4. The van der Waals surface area contributed by atoms with Crippen LogP contribution in [0.4, 0.5) is 24.7 Å². The molecule has 2 aromatic rings. The normalized spacial score (nSPS) is 15.2. The molecule has 0 bridgehead atoms. The first-order valence-electron chi connectivity index (χ1n) is 9.07. The van der Waals surface area contributed by atoms with Crippen LogP contribution in [0, 0.1) is 0 Å². The molecule has 6 nitrogen and oxygen atoms in total. The summed E-state index contributed by atoms with van der Waals surface area (Å²) in [6, 6.07) is 2.35. The molecule has 150 valence electrons. The van der Waals surface area contributed by atoms with E-state index in [0.29, 0.717) is 18.7 Å². The molecular weight excluding hydrogens is 373 g/mol. The van der Waals surface area contributed by atoms with E-state index in [1.807, 2.05) is 4.90 Å². The van der Waals surface area contributed by atoms with Crippen LogP contribution in [0.5, 0.6) is 0 Å². The maximum atomic E-state index is 13.2. The Hall–Kier alpha value is -2.68. The van der Waals surface area contributed by atoms with Crippen LogP contribution in [0.3, 0.4) is 0 Å². The fourth-order valence-electron chi connectivity index (χ4n) is 3.15.